The van der Waals surface area contributed by atoms with Crippen molar-refractivity contribution >= 4 is 34.0 Å². The van der Waals surface area contributed by atoms with Crippen LogP contribution in [0.15, 0.2) is 24.3 Å². The monoisotopic (exact) mass is 297 g/mol. The number of carbonyl (C=O) groups is 1. The van der Waals surface area contributed by atoms with E-state index in [4.69, 9.17) is 16.3 Å². The van der Waals surface area contributed by atoms with Gasteiger partial charge in [0, 0.05) is 5.56 Å². The van der Waals surface area contributed by atoms with Gasteiger partial charge in [-0.25, -0.2) is 0 Å². The molecule has 0 spiro atoms. The molecule has 1 N–H and O–H groups in total. The highest BCUT2D eigenvalue weighted by Crippen LogP contribution is 2.27. The molecular weight excluding hydrogens is 286 g/mol. The fraction of sp³-hybridized carbons (Fsp3) is 0.250. The van der Waals surface area contributed by atoms with Crippen molar-refractivity contribution in [3.8, 4) is 16.3 Å². The SMILES string of the molecule is COc1ccc(-c2nnc(NC(=O)[C@H](C)Cl)s2)cc1. The van der Waals surface area contributed by atoms with Crippen LogP contribution < -0.4 is 10.1 Å². The lowest BCUT2D eigenvalue weighted by atomic mass is 10.2. The van der Waals surface area contributed by atoms with E-state index in [1.165, 1.54) is 11.3 Å². The van der Waals surface area contributed by atoms with Crippen LogP contribution in [-0.2, 0) is 4.79 Å². The fourth-order valence-electron chi connectivity index (χ4n) is 1.33. The second-order valence-electron chi connectivity index (χ2n) is 3.75. The number of hydrogen-bond acceptors (Lipinski definition) is 5. The van der Waals surface area contributed by atoms with Crippen LogP contribution in [0.3, 0.4) is 0 Å². The van der Waals surface area contributed by atoms with Crippen LogP contribution >= 0.6 is 22.9 Å². The van der Waals surface area contributed by atoms with Crippen molar-refractivity contribution in [2.24, 2.45) is 0 Å². The zero-order valence-corrected chi connectivity index (χ0v) is 12.0. The number of ether oxygens (including phenoxy) is 1. The van der Waals surface area contributed by atoms with Gasteiger partial charge in [-0.2, -0.15) is 0 Å². The molecule has 2 rings (SSSR count). The lowest BCUT2D eigenvalue weighted by molar-refractivity contribution is -0.115. The molecule has 2 aromatic rings. The Kier molecular flexibility index (Phi) is 4.34. The lowest BCUT2D eigenvalue weighted by Gasteiger charge is -2.01. The molecule has 19 heavy (non-hydrogen) atoms. The average molecular weight is 298 g/mol. The van der Waals surface area contributed by atoms with Gasteiger partial charge >= 0.3 is 0 Å². The molecule has 0 aliphatic rings. The van der Waals surface area contributed by atoms with E-state index in [9.17, 15) is 4.79 Å². The van der Waals surface area contributed by atoms with Crippen LogP contribution in [0, 0.1) is 0 Å². The number of aromatic nitrogens is 2. The van der Waals surface area contributed by atoms with Gasteiger partial charge < -0.3 is 4.74 Å². The number of halogens is 1. The molecule has 1 heterocycles. The quantitative estimate of drug-likeness (QED) is 0.881. The molecule has 1 aromatic carbocycles. The normalized spacial score (nSPS) is 11.9. The van der Waals surface area contributed by atoms with Crippen molar-refractivity contribution in [2.75, 3.05) is 12.4 Å². The number of methoxy groups -OCH3 is 1. The van der Waals surface area contributed by atoms with Crippen molar-refractivity contribution in [3.05, 3.63) is 24.3 Å². The molecule has 0 radical (unpaired) electrons. The minimum Gasteiger partial charge on any atom is -0.497 e. The summed E-state index contributed by atoms with van der Waals surface area (Å²) in [5, 5.41) is 11.1. The summed E-state index contributed by atoms with van der Waals surface area (Å²) in [5.41, 5.74) is 0.915. The third kappa shape index (κ3) is 3.42. The van der Waals surface area contributed by atoms with E-state index in [2.05, 4.69) is 15.5 Å². The van der Waals surface area contributed by atoms with Gasteiger partial charge in [-0.3, -0.25) is 10.1 Å². The number of carbonyl (C=O) groups excluding carboxylic acids is 1. The smallest absolute Gasteiger partial charge is 0.243 e. The van der Waals surface area contributed by atoms with Crippen molar-refractivity contribution < 1.29 is 9.53 Å². The number of amides is 1. The van der Waals surface area contributed by atoms with Crippen molar-refractivity contribution in [1.82, 2.24) is 10.2 Å². The number of alkyl halides is 1. The molecule has 0 aliphatic heterocycles. The summed E-state index contributed by atoms with van der Waals surface area (Å²) >= 11 is 6.96. The Morgan fingerprint density at radius 1 is 1.37 bits per heavy atom. The van der Waals surface area contributed by atoms with Gasteiger partial charge in [-0.05, 0) is 31.2 Å². The summed E-state index contributed by atoms with van der Waals surface area (Å²) in [7, 11) is 1.61. The van der Waals surface area contributed by atoms with Gasteiger partial charge in [0.25, 0.3) is 0 Å². The maximum atomic E-state index is 11.4. The van der Waals surface area contributed by atoms with Crippen LogP contribution in [0.25, 0.3) is 10.6 Å². The first-order chi connectivity index (χ1) is 9.10. The van der Waals surface area contributed by atoms with E-state index >= 15 is 0 Å². The molecule has 0 saturated heterocycles. The summed E-state index contributed by atoms with van der Waals surface area (Å²) in [5.74, 6) is 0.483. The number of benzene rings is 1. The summed E-state index contributed by atoms with van der Waals surface area (Å²) in [6.45, 7) is 1.60. The van der Waals surface area contributed by atoms with E-state index < -0.39 is 5.38 Å². The molecular formula is C12H12ClN3O2S. The van der Waals surface area contributed by atoms with Crippen molar-refractivity contribution in [1.29, 1.82) is 0 Å². The van der Waals surface area contributed by atoms with Gasteiger partial charge in [0.2, 0.25) is 11.0 Å². The molecule has 1 atom stereocenters. The topological polar surface area (TPSA) is 64.1 Å². The first kappa shape index (κ1) is 13.8. The zero-order valence-electron chi connectivity index (χ0n) is 10.4. The first-order valence-corrected chi connectivity index (χ1v) is 6.78. The Hall–Kier alpha value is -1.66. The molecule has 0 fully saturated rings. The average Bonchev–Trinajstić information content (AvgIpc) is 2.87. The van der Waals surface area contributed by atoms with Crippen LogP contribution in [0.2, 0.25) is 0 Å². The van der Waals surface area contributed by atoms with Crippen molar-refractivity contribution in [2.45, 2.75) is 12.3 Å². The molecule has 7 heteroatoms. The van der Waals surface area contributed by atoms with E-state index in [0.29, 0.717) is 5.13 Å². The predicted molar refractivity (Wildman–Crippen MR) is 75.8 cm³/mol. The molecule has 100 valence electrons. The molecule has 5 nitrogen and oxygen atoms in total. The van der Waals surface area contributed by atoms with Gasteiger partial charge in [-0.1, -0.05) is 11.3 Å². The standard InChI is InChI=1S/C12H12ClN3O2S/c1-7(13)10(17)14-12-16-15-11(19-12)8-3-5-9(18-2)6-4-8/h3-7H,1-2H3,(H,14,16,17)/t7-/m0/s1. The molecule has 0 bridgehead atoms. The van der Waals surface area contributed by atoms with Crippen molar-refractivity contribution in [3.63, 3.8) is 0 Å². The Morgan fingerprint density at radius 3 is 2.63 bits per heavy atom. The van der Waals surface area contributed by atoms with Crippen LogP contribution in [0.1, 0.15) is 6.92 Å². The minimum atomic E-state index is -0.603. The first-order valence-electron chi connectivity index (χ1n) is 5.53. The zero-order chi connectivity index (χ0) is 13.8. The maximum absolute atomic E-state index is 11.4. The summed E-state index contributed by atoms with van der Waals surface area (Å²) < 4.78 is 5.08. The summed E-state index contributed by atoms with van der Waals surface area (Å²) in [6, 6.07) is 7.45. The van der Waals surface area contributed by atoms with Gasteiger partial charge in [0.1, 0.15) is 16.1 Å². The maximum Gasteiger partial charge on any atom is 0.243 e. The Labute approximate surface area is 119 Å². The Balaban J connectivity index is 2.13. The van der Waals surface area contributed by atoms with Gasteiger partial charge in [0.05, 0.1) is 7.11 Å². The molecule has 0 unspecified atom stereocenters. The Morgan fingerprint density at radius 2 is 2.05 bits per heavy atom. The number of hydrogen-bond donors (Lipinski definition) is 1. The third-order valence-electron chi connectivity index (χ3n) is 2.35. The van der Waals surface area contributed by atoms with E-state index in [-0.39, 0.29) is 5.91 Å². The van der Waals surface area contributed by atoms with Gasteiger partial charge in [-0.15, -0.1) is 21.8 Å². The van der Waals surface area contributed by atoms with E-state index in [1.807, 2.05) is 24.3 Å². The second-order valence-corrected chi connectivity index (χ2v) is 5.38. The predicted octanol–water partition coefficient (Wildman–Crippen LogP) is 2.78. The summed E-state index contributed by atoms with van der Waals surface area (Å²) in [6.07, 6.45) is 0. The number of anilines is 1. The van der Waals surface area contributed by atoms with Crippen LogP contribution in [-0.4, -0.2) is 28.6 Å². The second kappa shape index (κ2) is 5.99. The third-order valence-corrected chi connectivity index (χ3v) is 3.44. The highest BCUT2D eigenvalue weighted by molar-refractivity contribution is 7.18. The fourth-order valence-corrected chi connectivity index (χ4v) is 2.14. The Bertz CT molecular complexity index is 569. The largest absolute Gasteiger partial charge is 0.497 e. The molecule has 1 aromatic heterocycles. The highest BCUT2D eigenvalue weighted by Gasteiger charge is 2.13. The van der Waals surface area contributed by atoms with Crippen LogP contribution in [0.5, 0.6) is 5.75 Å². The van der Waals surface area contributed by atoms with Crippen LogP contribution in [0.4, 0.5) is 5.13 Å². The molecule has 0 saturated carbocycles. The number of nitrogens with one attached hydrogen (secondary N) is 1. The van der Waals surface area contributed by atoms with E-state index in [0.717, 1.165) is 16.3 Å². The lowest BCUT2D eigenvalue weighted by Crippen LogP contribution is -2.20. The molecule has 0 aliphatic carbocycles. The van der Waals surface area contributed by atoms with Gasteiger partial charge in [0.15, 0.2) is 0 Å². The molecule has 1 amide bonds. The minimum absolute atomic E-state index is 0.293. The summed E-state index contributed by atoms with van der Waals surface area (Å²) in [4.78, 5) is 11.4. The van der Waals surface area contributed by atoms with E-state index in [1.54, 1.807) is 14.0 Å². The number of rotatable bonds is 4. The number of nitrogens with zero attached hydrogens (tertiary/aromatic N) is 2. The highest BCUT2D eigenvalue weighted by atomic mass is 35.5.